The van der Waals surface area contributed by atoms with Crippen LogP contribution in [0.4, 0.5) is 5.69 Å². The van der Waals surface area contributed by atoms with Crippen molar-refractivity contribution in [1.29, 1.82) is 0 Å². The van der Waals surface area contributed by atoms with Crippen molar-refractivity contribution in [3.63, 3.8) is 0 Å². The molecule has 1 N–H and O–H groups in total. The number of rotatable bonds is 2. The maximum atomic E-state index is 11.4. The number of nitrogens with one attached hydrogen (secondary N) is 1. The van der Waals surface area contributed by atoms with Gasteiger partial charge in [0, 0.05) is 24.1 Å². The van der Waals surface area contributed by atoms with E-state index in [1.54, 1.807) is 27.5 Å². The normalized spacial score (nSPS) is 10.1. The van der Waals surface area contributed by atoms with Crippen LogP contribution >= 0.6 is 11.5 Å². The summed E-state index contributed by atoms with van der Waals surface area (Å²) in [6, 6.07) is 8.68. The van der Waals surface area contributed by atoms with Crippen LogP contribution in [-0.4, -0.2) is 9.86 Å². The first kappa shape index (κ1) is 10.6. The molecule has 4 nitrogen and oxygen atoms in total. The molecule has 0 aliphatic carbocycles. The molecule has 0 aliphatic heterocycles. The SMILES string of the molecule is CC(=O)Nc1cccc(-n2sccc2=O)c1. The van der Waals surface area contributed by atoms with Crippen molar-refractivity contribution in [3.05, 3.63) is 46.1 Å². The number of amides is 1. The first-order valence-corrected chi connectivity index (χ1v) is 5.55. The summed E-state index contributed by atoms with van der Waals surface area (Å²) in [5.41, 5.74) is 1.38. The van der Waals surface area contributed by atoms with Crippen LogP contribution in [-0.2, 0) is 4.79 Å². The van der Waals surface area contributed by atoms with Gasteiger partial charge in [0.15, 0.2) is 0 Å². The van der Waals surface area contributed by atoms with Crippen LogP contribution in [0.2, 0.25) is 0 Å². The summed E-state index contributed by atoms with van der Waals surface area (Å²) in [7, 11) is 0. The van der Waals surface area contributed by atoms with Gasteiger partial charge in [0.1, 0.15) is 0 Å². The molecule has 2 aromatic rings. The molecule has 0 saturated carbocycles. The summed E-state index contributed by atoms with van der Waals surface area (Å²) in [5.74, 6) is -0.129. The molecule has 82 valence electrons. The summed E-state index contributed by atoms with van der Waals surface area (Å²) in [5, 5.41) is 4.41. The van der Waals surface area contributed by atoms with E-state index in [9.17, 15) is 9.59 Å². The van der Waals surface area contributed by atoms with Crippen molar-refractivity contribution in [1.82, 2.24) is 3.96 Å². The maximum Gasteiger partial charge on any atom is 0.265 e. The molecule has 5 heteroatoms. The summed E-state index contributed by atoms with van der Waals surface area (Å²) in [6.07, 6.45) is 0. The Balaban J connectivity index is 2.40. The zero-order chi connectivity index (χ0) is 11.5. The molecule has 0 atom stereocenters. The van der Waals surface area contributed by atoms with E-state index in [1.807, 2.05) is 6.07 Å². The lowest BCUT2D eigenvalue weighted by molar-refractivity contribution is -0.114. The Bertz CT molecular complexity index is 571. The topological polar surface area (TPSA) is 51.1 Å². The zero-order valence-corrected chi connectivity index (χ0v) is 9.45. The van der Waals surface area contributed by atoms with Crippen molar-refractivity contribution >= 4 is 23.1 Å². The van der Waals surface area contributed by atoms with Gasteiger partial charge in [-0.1, -0.05) is 17.6 Å². The summed E-state index contributed by atoms with van der Waals surface area (Å²) in [4.78, 5) is 22.3. The Labute approximate surface area is 96.3 Å². The van der Waals surface area contributed by atoms with E-state index in [1.165, 1.54) is 24.5 Å². The van der Waals surface area contributed by atoms with E-state index in [-0.39, 0.29) is 11.5 Å². The third kappa shape index (κ3) is 2.20. The van der Waals surface area contributed by atoms with Gasteiger partial charge >= 0.3 is 0 Å². The molecule has 2 rings (SSSR count). The number of anilines is 1. The van der Waals surface area contributed by atoms with Crippen molar-refractivity contribution < 1.29 is 4.79 Å². The van der Waals surface area contributed by atoms with Crippen LogP contribution in [0, 0.1) is 0 Å². The highest BCUT2D eigenvalue weighted by Crippen LogP contribution is 2.14. The molecule has 0 radical (unpaired) electrons. The third-order valence-corrected chi connectivity index (χ3v) is 2.84. The minimum absolute atomic E-state index is 0.0648. The number of carbonyl (C=O) groups is 1. The van der Waals surface area contributed by atoms with Gasteiger partial charge in [-0.05, 0) is 18.2 Å². The van der Waals surface area contributed by atoms with E-state index < -0.39 is 0 Å². The third-order valence-electron chi connectivity index (χ3n) is 1.98. The second-order valence-electron chi connectivity index (χ2n) is 3.27. The summed E-state index contributed by atoms with van der Waals surface area (Å²) in [6.45, 7) is 1.45. The number of nitrogens with zero attached hydrogens (tertiary/aromatic N) is 1. The molecular weight excluding hydrogens is 224 g/mol. The van der Waals surface area contributed by atoms with Crippen LogP contribution in [0.25, 0.3) is 5.69 Å². The fraction of sp³-hybridized carbons (Fsp3) is 0.0909. The summed E-state index contributed by atoms with van der Waals surface area (Å²) >= 11 is 1.32. The molecule has 1 amide bonds. The quantitative estimate of drug-likeness (QED) is 0.862. The average molecular weight is 234 g/mol. The molecule has 0 spiro atoms. The molecule has 1 aromatic heterocycles. The van der Waals surface area contributed by atoms with Gasteiger partial charge in [-0.3, -0.25) is 9.59 Å². The minimum atomic E-state index is -0.129. The maximum absolute atomic E-state index is 11.4. The Morgan fingerprint density at radius 3 is 2.81 bits per heavy atom. The lowest BCUT2D eigenvalue weighted by Gasteiger charge is -2.04. The van der Waals surface area contributed by atoms with Gasteiger partial charge < -0.3 is 5.32 Å². The van der Waals surface area contributed by atoms with Crippen molar-refractivity contribution in [3.8, 4) is 5.69 Å². The van der Waals surface area contributed by atoms with E-state index in [4.69, 9.17) is 0 Å². The second kappa shape index (κ2) is 4.32. The van der Waals surface area contributed by atoms with Crippen LogP contribution in [0.15, 0.2) is 40.5 Å². The lowest BCUT2D eigenvalue weighted by Crippen LogP contribution is -2.10. The molecule has 1 heterocycles. The molecule has 1 aromatic carbocycles. The molecule has 0 fully saturated rings. The average Bonchev–Trinajstić information content (AvgIpc) is 2.64. The molecule has 0 unspecified atom stereocenters. The fourth-order valence-corrected chi connectivity index (χ4v) is 2.07. The van der Waals surface area contributed by atoms with Gasteiger partial charge in [0.25, 0.3) is 5.56 Å². The van der Waals surface area contributed by atoms with Crippen LogP contribution < -0.4 is 10.9 Å². The van der Waals surface area contributed by atoms with Crippen LogP contribution in [0.3, 0.4) is 0 Å². The van der Waals surface area contributed by atoms with Gasteiger partial charge in [-0.15, -0.1) is 0 Å². The first-order valence-electron chi connectivity index (χ1n) is 4.72. The molecular formula is C11H10N2O2S. The van der Waals surface area contributed by atoms with E-state index >= 15 is 0 Å². The standard InChI is InChI=1S/C11H10N2O2S/c1-8(14)12-9-3-2-4-10(7-9)13-11(15)5-6-16-13/h2-7H,1H3,(H,12,14). The van der Waals surface area contributed by atoms with E-state index in [2.05, 4.69) is 5.32 Å². The Kier molecular flexibility index (Phi) is 2.87. The monoisotopic (exact) mass is 234 g/mol. The number of aromatic nitrogens is 1. The van der Waals surface area contributed by atoms with Crippen LogP contribution in [0.1, 0.15) is 6.92 Å². The van der Waals surface area contributed by atoms with Gasteiger partial charge in [0.05, 0.1) is 5.69 Å². The van der Waals surface area contributed by atoms with E-state index in [0.29, 0.717) is 5.69 Å². The predicted molar refractivity (Wildman–Crippen MR) is 64.2 cm³/mol. The second-order valence-corrected chi connectivity index (χ2v) is 4.12. The molecule has 0 bridgehead atoms. The van der Waals surface area contributed by atoms with Crippen molar-refractivity contribution in [2.24, 2.45) is 0 Å². The Morgan fingerprint density at radius 2 is 2.19 bits per heavy atom. The highest BCUT2D eigenvalue weighted by Gasteiger charge is 2.02. The highest BCUT2D eigenvalue weighted by atomic mass is 32.1. The van der Waals surface area contributed by atoms with E-state index in [0.717, 1.165) is 5.69 Å². The number of benzene rings is 1. The smallest absolute Gasteiger partial charge is 0.265 e. The van der Waals surface area contributed by atoms with Gasteiger partial charge in [-0.2, -0.15) is 0 Å². The number of carbonyl (C=O) groups excluding carboxylic acids is 1. The van der Waals surface area contributed by atoms with Crippen molar-refractivity contribution in [2.45, 2.75) is 6.92 Å². The lowest BCUT2D eigenvalue weighted by atomic mass is 10.3. The van der Waals surface area contributed by atoms with Gasteiger partial charge in [0.2, 0.25) is 5.91 Å². The molecule has 0 aliphatic rings. The largest absolute Gasteiger partial charge is 0.326 e. The van der Waals surface area contributed by atoms with Crippen molar-refractivity contribution in [2.75, 3.05) is 5.32 Å². The molecule has 16 heavy (non-hydrogen) atoms. The highest BCUT2D eigenvalue weighted by molar-refractivity contribution is 7.04. The minimum Gasteiger partial charge on any atom is -0.326 e. The summed E-state index contributed by atoms with van der Waals surface area (Å²) < 4.78 is 1.56. The van der Waals surface area contributed by atoms with Gasteiger partial charge in [-0.25, -0.2) is 3.96 Å². The fourth-order valence-electron chi connectivity index (χ4n) is 1.37. The zero-order valence-electron chi connectivity index (χ0n) is 8.64. The van der Waals surface area contributed by atoms with Crippen LogP contribution in [0.5, 0.6) is 0 Å². The predicted octanol–water partition coefficient (Wildman–Crippen LogP) is 1.86. The Morgan fingerprint density at radius 1 is 1.38 bits per heavy atom. The Hall–Kier alpha value is -1.88. The molecule has 0 saturated heterocycles. The number of hydrogen-bond acceptors (Lipinski definition) is 3. The number of hydrogen-bond donors (Lipinski definition) is 1. The first-order chi connectivity index (χ1) is 7.66.